The van der Waals surface area contributed by atoms with Crippen molar-refractivity contribution in [1.82, 2.24) is 25.1 Å². The predicted octanol–water partition coefficient (Wildman–Crippen LogP) is 2.84. The number of hydrogen-bond acceptors (Lipinski definition) is 4. The van der Waals surface area contributed by atoms with Gasteiger partial charge in [0.2, 0.25) is 0 Å². The van der Waals surface area contributed by atoms with Crippen LogP contribution < -0.4 is 5.32 Å². The van der Waals surface area contributed by atoms with Gasteiger partial charge in [-0.1, -0.05) is 27.7 Å². The van der Waals surface area contributed by atoms with E-state index in [2.05, 4.69) is 43.1 Å². The molecule has 2 rings (SSSR count). The Hall–Kier alpha value is -1.75. The third-order valence-corrected chi connectivity index (χ3v) is 3.18. The molecule has 2 heterocycles. The average molecular weight is 287 g/mol. The van der Waals surface area contributed by atoms with Gasteiger partial charge in [-0.2, -0.15) is 5.10 Å². The second kappa shape index (κ2) is 6.80. The van der Waals surface area contributed by atoms with Gasteiger partial charge in [0.15, 0.2) is 0 Å². The second-order valence-corrected chi connectivity index (χ2v) is 6.20. The maximum atomic E-state index is 4.72. The average Bonchev–Trinajstić information content (AvgIpc) is 2.84. The SMILES string of the molecule is Cc1cnn(-c2cnc(C(C)C)nc2CNCC(C)C)c1. The molecule has 1 N–H and O–H groups in total. The monoisotopic (exact) mass is 287 g/mol. The van der Waals surface area contributed by atoms with Gasteiger partial charge in [0.1, 0.15) is 11.5 Å². The first-order valence-electron chi connectivity index (χ1n) is 7.55. The summed E-state index contributed by atoms with van der Waals surface area (Å²) in [5, 5.41) is 7.83. The molecule has 0 aromatic carbocycles. The topological polar surface area (TPSA) is 55.6 Å². The van der Waals surface area contributed by atoms with Crippen LogP contribution in [0.15, 0.2) is 18.6 Å². The van der Waals surface area contributed by atoms with Crippen molar-refractivity contribution < 1.29 is 0 Å². The molecule has 0 aliphatic rings. The molecule has 21 heavy (non-hydrogen) atoms. The fourth-order valence-electron chi connectivity index (χ4n) is 2.05. The highest BCUT2D eigenvalue weighted by molar-refractivity contribution is 5.34. The van der Waals surface area contributed by atoms with Gasteiger partial charge in [-0.3, -0.25) is 0 Å². The lowest BCUT2D eigenvalue weighted by Crippen LogP contribution is -2.21. The molecule has 0 atom stereocenters. The molecule has 0 amide bonds. The van der Waals surface area contributed by atoms with Crippen LogP contribution in [0.4, 0.5) is 0 Å². The standard InChI is InChI=1S/C16H25N5/c1-11(2)6-17-8-14-15(21-10-13(5)7-19-21)9-18-16(20-14)12(3)4/h7,9-12,17H,6,8H2,1-5H3. The smallest absolute Gasteiger partial charge is 0.131 e. The lowest BCUT2D eigenvalue weighted by Gasteiger charge is -2.13. The molecule has 0 aliphatic carbocycles. The second-order valence-electron chi connectivity index (χ2n) is 6.20. The van der Waals surface area contributed by atoms with E-state index in [1.807, 2.05) is 30.2 Å². The maximum Gasteiger partial charge on any atom is 0.131 e. The van der Waals surface area contributed by atoms with Crippen molar-refractivity contribution in [1.29, 1.82) is 0 Å². The predicted molar refractivity (Wildman–Crippen MR) is 84.5 cm³/mol. The minimum Gasteiger partial charge on any atom is -0.311 e. The molecule has 5 heteroatoms. The van der Waals surface area contributed by atoms with Crippen LogP contribution in [0.5, 0.6) is 0 Å². The van der Waals surface area contributed by atoms with E-state index in [-0.39, 0.29) is 0 Å². The highest BCUT2D eigenvalue weighted by Gasteiger charge is 2.12. The number of aryl methyl sites for hydroxylation is 1. The summed E-state index contributed by atoms with van der Waals surface area (Å²) in [4.78, 5) is 9.19. The highest BCUT2D eigenvalue weighted by atomic mass is 15.3. The Morgan fingerprint density at radius 1 is 1.19 bits per heavy atom. The van der Waals surface area contributed by atoms with E-state index in [0.717, 1.165) is 35.9 Å². The van der Waals surface area contributed by atoms with Gasteiger partial charge in [-0.05, 0) is 24.9 Å². The van der Waals surface area contributed by atoms with Crippen molar-refractivity contribution in [2.24, 2.45) is 5.92 Å². The number of hydrogen-bond donors (Lipinski definition) is 1. The molecular formula is C16H25N5. The minimum absolute atomic E-state index is 0.322. The fraction of sp³-hybridized carbons (Fsp3) is 0.562. The normalized spacial score (nSPS) is 11.6. The van der Waals surface area contributed by atoms with Crippen molar-refractivity contribution in [3.05, 3.63) is 35.7 Å². The van der Waals surface area contributed by atoms with Crippen LogP contribution in [-0.2, 0) is 6.54 Å². The quantitative estimate of drug-likeness (QED) is 0.887. The first-order chi connectivity index (χ1) is 9.97. The minimum atomic E-state index is 0.322. The lowest BCUT2D eigenvalue weighted by molar-refractivity contribution is 0.544. The summed E-state index contributed by atoms with van der Waals surface area (Å²) in [7, 11) is 0. The van der Waals surface area contributed by atoms with Crippen LogP contribution in [0.1, 0.15) is 50.7 Å². The zero-order valence-corrected chi connectivity index (χ0v) is 13.6. The Balaban J connectivity index is 2.29. The van der Waals surface area contributed by atoms with Crippen LogP contribution in [0.25, 0.3) is 5.69 Å². The highest BCUT2D eigenvalue weighted by Crippen LogP contribution is 2.16. The van der Waals surface area contributed by atoms with Crippen LogP contribution in [0.3, 0.4) is 0 Å². The third-order valence-electron chi connectivity index (χ3n) is 3.18. The van der Waals surface area contributed by atoms with Gasteiger partial charge in [-0.15, -0.1) is 0 Å². The summed E-state index contributed by atoms with van der Waals surface area (Å²) < 4.78 is 1.85. The molecule has 0 unspecified atom stereocenters. The van der Waals surface area contributed by atoms with Gasteiger partial charge in [-0.25, -0.2) is 14.6 Å². The van der Waals surface area contributed by atoms with Gasteiger partial charge in [0.25, 0.3) is 0 Å². The number of nitrogens with zero attached hydrogens (tertiary/aromatic N) is 4. The van der Waals surface area contributed by atoms with Gasteiger partial charge in [0.05, 0.1) is 18.1 Å². The zero-order valence-electron chi connectivity index (χ0n) is 13.6. The summed E-state index contributed by atoms with van der Waals surface area (Å²) in [5.74, 6) is 1.82. The lowest BCUT2D eigenvalue weighted by atomic mass is 10.2. The molecule has 2 aromatic rings. The number of rotatable bonds is 6. The van der Waals surface area contributed by atoms with Crippen molar-refractivity contribution in [3.63, 3.8) is 0 Å². The Morgan fingerprint density at radius 3 is 2.52 bits per heavy atom. The Morgan fingerprint density at radius 2 is 1.95 bits per heavy atom. The van der Waals surface area contributed by atoms with Crippen LogP contribution in [0, 0.1) is 12.8 Å². The van der Waals surface area contributed by atoms with E-state index in [1.54, 1.807) is 0 Å². The summed E-state index contributed by atoms with van der Waals surface area (Å²) >= 11 is 0. The molecule has 5 nitrogen and oxygen atoms in total. The molecule has 0 saturated heterocycles. The van der Waals surface area contributed by atoms with Gasteiger partial charge < -0.3 is 5.32 Å². The molecule has 0 radical (unpaired) electrons. The fourth-order valence-corrected chi connectivity index (χ4v) is 2.05. The number of aromatic nitrogens is 4. The molecule has 0 bridgehead atoms. The molecule has 0 spiro atoms. The largest absolute Gasteiger partial charge is 0.311 e. The molecule has 0 fully saturated rings. The van der Waals surface area contributed by atoms with Crippen molar-refractivity contribution >= 4 is 0 Å². The molecular weight excluding hydrogens is 262 g/mol. The van der Waals surface area contributed by atoms with E-state index >= 15 is 0 Å². The zero-order chi connectivity index (χ0) is 15.4. The van der Waals surface area contributed by atoms with E-state index in [1.165, 1.54) is 0 Å². The third kappa shape index (κ3) is 4.11. The van der Waals surface area contributed by atoms with Gasteiger partial charge >= 0.3 is 0 Å². The van der Waals surface area contributed by atoms with E-state index in [9.17, 15) is 0 Å². The first-order valence-corrected chi connectivity index (χ1v) is 7.55. The molecule has 2 aromatic heterocycles. The molecule has 0 aliphatic heterocycles. The summed E-state index contributed by atoms with van der Waals surface area (Å²) in [6.45, 7) is 12.3. The summed E-state index contributed by atoms with van der Waals surface area (Å²) in [6.07, 6.45) is 5.72. The summed E-state index contributed by atoms with van der Waals surface area (Å²) in [5.41, 5.74) is 3.07. The van der Waals surface area contributed by atoms with Crippen molar-refractivity contribution in [3.8, 4) is 5.69 Å². The van der Waals surface area contributed by atoms with E-state index in [4.69, 9.17) is 4.98 Å². The molecule has 0 saturated carbocycles. The first kappa shape index (κ1) is 15.6. The Bertz CT molecular complexity index is 586. The van der Waals surface area contributed by atoms with Crippen molar-refractivity contribution in [2.75, 3.05) is 6.54 Å². The Kier molecular flexibility index (Phi) is 5.07. The summed E-state index contributed by atoms with van der Waals surface area (Å²) in [6, 6.07) is 0. The van der Waals surface area contributed by atoms with Crippen molar-refractivity contribution in [2.45, 2.75) is 47.1 Å². The molecule has 114 valence electrons. The Labute approximate surface area is 126 Å². The van der Waals surface area contributed by atoms with E-state index in [0.29, 0.717) is 11.8 Å². The van der Waals surface area contributed by atoms with Gasteiger partial charge in [0, 0.05) is 18.7 Å². The van der Waals surface area contributed by atoms with Crippen LogP contribution in [-0.4, -0.2) is 26.3 Å². The van der Waals surface area contributed by atoms with Crippen LogP contribution >= 0.6 is 0 Å². The number of nitrogens with one attached hydrogen (secondary N) is 1. The maximum absolute atomic E-state index is 4.72. The van der Waals surface area contributed by atoms with Crippen LogP contribution in [0.2, 0.25) is 0 Å². The van der Waals surface area contributed by atoms with E-state index < -0.39 is 0 Å².